The van der Waals surface area contributed by atoms with E-state index >= 15 is 0 Å². The van der Waals surface area contributed by atoms with Crippen LogP contribution in [0.5, 0.6) is 5.75 Å². The topological polar surface area (TPSA) is 92.7 Å². The Morgan fingerprint density at radius 2 is 1.92 bits per heavy atom. The Morgan fingerprint density at radius 3 is 2.60 bits per heavy atom. The number of amides is 2. The molecule has 2 N–H and O–H groups in total. The van der Waals surface area contributed by atoms with Crippen molar-refractivity contribution in [2.75, 3.05) is 6.61 Å². The Labute approximate surface area is 147 Å². The van der Waals surface area contributed by atoms with Gasteiger partial charge in [-0.05, 0) is 41.3 Å². The molecular formula is C18H15NO5S. The molecule has 1 aliphatic rings. The largest absolute Gasteiger partial charge is 0.493 e. The second-order valence-corrected chi connectivity index (χ2v) is 6.41. The van der Waals surface area contributed by atoms with Gasteiger partial charge in [-0.2, -0.15) is 0 Å². The number of thioether (sulfide) groups is 1. The van der Waals surface area contributed by atoms with Crippen molar-refractivity contribution < 1.29 is 24.2 Å². The maximum Gasteiger partial charge on any atom is 0.303 e. The Balaban J connectivity index is 1.88. The van der Waals surface area contributed by atoms with Gasteiger partial charge in [0.1, 0.15) is 5.75 Å². The number of imide groups is 1. The predicted octanol–water partition coefficient (Wildman–Crippen LogP) is 3.41. The minimum atomic E-state index is -0.850. The molecule has 128 valence electrons. The van der Waals surface area contributed by atoms with Crippen molar-refractivity contribution in [1.29, 1.82) is 0 Å². The van der Waals surface area contributed by atoms with Crippen LogP contribution < -0.4 is 10.1 Å². The van der Waals surface area contributed by atoms with Crippen molar-refractivity contribution in [3.8, 4) is 5.75 Å². The van der Waals surface area contributed by atoms with E-state index in [1.807, 2.05) is 30.3 Å². The summed E-state index contributed by atoms with van der Waals surface area (Å²) in [6, 6.07) is 11.2. The average Bonchev–Trinajstić information content (AvgIpc) is 2.90. The molecule has 0 atom stereocenters. The number of fused-ring (bicyclic) bond motifs is 1. The van der Waals surface area contributed by atoms with Crippen LogP contribution in [0, 0.1) is 0 Å². The highest BCUT2D eigenvalue weighted by Gasteiger charge is 2.25. The first-order valence-electron chi connectivity index (χ1n) is 7.66. The zero-order valence-electron chi connectivity index (χ0n) is 13.2. The van der Waals surface area contributed by atoms with Crippen LogP contribution in [0.1, 0.15) is 18.4 Å². The molecule has 0 spiro atoms. The van der Waals surface area contributed by atoms with Crippen molar-refractivity contribution in [3.05, 3.63) is 46.9 Å². The van der Waals surface area contributed by atoms with Gasteiger partial charge in [-0.25, -0.2) is 0 Å². The molecule has 3 rings (SSSR count). The van der Waals surface area contributed by atoms with Gasteiger partial charge >= 0.3 is 5.97 Å². The molecule has 25 heavy (non-hydrogen) atoms. The summed E-state index contributed by atoms with van der Waals surface area (Å²) in [4.78, 5) is 33.9. The first kappa shape index (κ1) is 17.0. The minimum Gasteiger partial charge on any atom is -0.493 e. The summed E-state index contributed by atoms with van der Waals surface area (Å²) in [6.45, 7) is 0.309. The van der Waals surface area contributed by atoms with Crippen LogP contribution in [-0.4, -0.2) is 28.8 Å². The van der Waals surface area contributed by atoms with E-state index in [4.69, 9.17) is 9.84 Å². The van der Waals surface area contributed by atoms with Gasteiger partial charge in [0.05, 0.1) is 11.5 Å². The van der Waals surface area contributed by atoms with E-state index in [0.717, 1.165) is 28.1 Å². The number of nitrogens with one attached hydrogen (secondary N) is 1. The lowest BCUT2D eigenvalue weighted by Crippen LogP contribution is -2.17. The summed E-state index contributed by atoms with van der Waals surface area (Å²) in [5, 5.41) is 12.3. The molecule has 0 bridgehead atoms. The smallest absolute Gasteiger partial charge is 0.303 e. The van der Waals surface area contributed by atoms with Crippen LogP contribution in [0.2, 0.25) is 0 Å². The normalized spacial score (nSPS) is 15.6. The van der Waals surface area contributed by atoms with Crippen LogP contribution in [-0.2, 0) is 9.59 Å². The van der Waals surface area contributed by atoms with Gasteiger partial charge in [0.2, 0.25) is 0 Å². The van der Waals surface area contributed by atoms with E-state index in [0.29, 0.717) is 23.7 Å². The summed E-state index contributed by atoms with van der Waals surface area (Å²) in [7, 11) is 0. The van der Waals surface area contributed by atoms with E-state index in [-0.39, 0.29) is 11.7 Å². The molecule has 0 unspecified atom stereocenters. The first-order chi connectivity index (χ1) is 12.0. The van der Waals surface area contributed by atoms with E-state index in [9.17, 15) is 14.4 Å². The molecule has 1 aliphatic heterocycles. The highest BCUT2D eigenvalue weighted by atomic mass is 32.2. The standard InChI is InChI=1S/C18H15NO5S/c20-16(21)6-3-9-24-14-8-7-11(12-4-1-2-5-13(12)14)10-15-17(22)19-18(23)25-15/h1-2,4-5,7-8,10H,3,6,9H2,(H,20,21)(H,19,22,23). The predicted molar refractivity (Wildman–Crippen MR) is 95.4 cm³/mol. The van der Waals surface area contributed by atoms with E-state index in [2.05, 4.69) is 5.32 Å². The summed E-state index contributed by atoms with van der Waals surface area (Å²) >= 11 is 0.875. The number of carbonyl (C=O) groups is 3. The summed E-state index contributed by atoms with van der Waals surface area (Å²) in [5.74, 6) is -0.590. The van der Waals surface area contributed by atoms with E-state index < -0.39 is 11.9 Å². The third-order valence-corrected chi connectivity index (χ3v) is 4.45. The molecule has 7 heteroatoms. The third-order valence-electron chi connectivity index (χ3n) is 3.64. The van der Waals surface area contributed by atoms with Crippen LogP contribution in [0.15, 0.2) is 41.3 Å². The van der Waals surface area contributed by atoms with Crippen molar-refractivity contribution >= 4 is 45.7 Å². The Kier molecular flexibility index (Phi) is 5.04. The second kappa shape index (κ2) is 7.40. The molecule has 0 saturated carbocycles. The van der Waals surface area contributed by atoms with E-state index in [1.54, 1.807) is 12.1 Å². The van der Waals surface area contributed by atoms with Crippen LogP contribution in [0.3, 0.4) is 0 Å². The molecule has 0 aliphatic carbocycles. The van der Waals surface area contributed by atoms with Crippen molar-refractivity contribution in [1.82, 2.24) is 5.32 Å². The lowest BCUT2D eigenvalue weighted by Gasteiger charge is -2.11. The number of benzene rings is 2. The maximum atomic E-state index is 11.7. The Morgan fingerprint density at radius 1 is 1.16 bits per heavy atom. The molecular weight excluding hydrogens is 342 g/mol. The van der Waals surface area contributed by atoms with Crippen molar-refractivity contribution in [3.63, 3.8) is 0 Å². The number of carboxylic acids is 1. The van der Waals surface area contributed by atoms with E-state index in [1.165, 1.54) is 0 Å². The average molecular weight is 357 g/mol. The molecule has 1 fully saturated rings. The lowest BCUT2D eigenvalue weighted by atomic mass is 10.0. The summed E-state index contributed by atoms with van der Waals surface area (Å²) < 4.78 is 5.71. The number of ether oxygens (including phenoxy) is 1. The number of rotatable bonds is 6. The third kappa shape index (κ3) is 4.00. The fraction of sp³-hybridized carbons (Fsp3) is 0.167. The second-order valence-electron chi connectivity index (χ2n) is 5.40. The fourth-order valence-corrected chi connectivity index (χ4v) is 3.19. The Hall–Kier alpha value is -2.80. The SMILES string of the molecule is O=C(O)CCCOc1ccc(C=C2SC(=O)NC2=O)c2ccccc12. The number of hydrogen-bond acceptors (Lipinski definition) is 5. The van der Waals surface area contributed by atoms with Gasteiger partial charge < -0.3 is 9.84 Å². The molecule has 0 radical (unpaired) electrons. The number of aliphatic carboxylic acids is 1. The van der Waals surface area contributed by atoms with Crippen LogP contribution in [0.4, 0.5) is 4.79 Å². The highest BCUT2D eigenvalue weighted by molar-refractivity contribution is 8.18. The number of hydrogen-bond donors (Lipinski definition) is 2. The monoisotopic (exact) mass is 357 g/mol. The molecule has 2 aromatic rings. The van der Waals surface area contributed by atoms with Crippen molar-refractivity contribution in [2.45, 2.75) is 12.8 Å². The summed E-state index contributed by atoms with van der Waals surface area (Å²) in [5.41, 5.74) is 0.806. The lowest BCUT2D eigenvalue weighted by molar-refractivity contribution is -0.137. The highest BCUT2D eigenvalue weighted by Crippen LogP contribution is 2.32. The molecule has 1 heterocycles. The minimum absolute atomic E-state index is 0.0580. The maximum absolute atomic E-state index is 11.7. The number of carbonyl (C=O) groups excluding carboxylic acids is 2. The quantitative estimate of drug-likeness (QED) is 0.608. The summed E-state index contributed by atoms with van der Waals surface area (Å²) in [6.07, 6.45) is 2.16. The Bertz CT molecular complexity index is 890. The van der Waals surface area contributed by atoms with Gasteiger partial charge in [-0.1, -0.05) is 30.3 Å². The van der Waals surface area contributed by atoms with Crippen LogP contribution >= 0.6 is 11.8 Å². The van der Waals surface area contributed by atoms with Gasteiger partial charge in [0, 0.05) is 11.8 Å². The molecule has 2 amide bonds. The van der Waals surface area contributed by atoms with Crippen LogP contribution in [0.25, 0.3) is 16.8 Å². The zero-order valence-corrected chi connectivity index (χ0v) is 14.0. The molecule has 0 aromatic heterocycles. The zero-order chi connectivity index (χ0) is 17.8. The van der Waals surface area contributed by atoms with Gasteiger partial charge in [0.15, 0.2) is 0 Å². The van der Waals surface area contributed by atoms with Crippen molar-refractivity contribution in [2.24, 2.45) is 0 Å². The molecule has 2 aromatic carbocycles. The fourth-order valence-electron chi connectivity index (χ4n) is 2.51. The van der Waals surface area contributed by atoms with Gasteiger partial charge in [-0.15, -0.1) is 0 Å². The number of carboxylic acid groups (broad SMARTS) is 1. The first-order valence-corrected chi connectivity index (χ1v) is 8.47. The molecule has 6 nitrogen and oxygen atoms in total. The van der Waals surface area contributed by atoms with Gasteiger partial charge in [0.25, 0.3) is 11.1 Å². The van der Waals surface area contributed by atoms with Gasteiger partial charge in [-0.3, -0.25) is 19.7 Å². The molecule has 1 saturated heterocycles.